The van der Waals surface area contributed by atoms with E-state index in [9.17, 15) is 4.79 Å². The van der Waals surface area contributed by atoms with E-state index in [2.05, 4.69) is 5.32 Å². The van der Waals surface area contributed by atoms with Gasteiger partial charge in [-0.2, -0.15) is 0 Å². The number of aryl methyl sites for hydroxylation is 1. The molecule has 1 amide bonds. The molecule has 1 N–H and O–H groups in total. The maximum absolute atomic E-state index is 12.7. The number of halogens is 2. The summed E-state index contributed by atoms with van der Waals surface area (Å²) in [6.45, 7) is 3.80. The fourth-order valence-corrected chi connectivity index (χ4v) is 4.36. The molecule has 0 saturated heterocycles. The first-order valence-corrected chi connectivity index (χ1v) is 11.3. The Morgan fingerprint density at radius 2 is 1.76 bits per heavy atom. The summed E-state index contributed by atoms with van der Waals surface area (Å²) in [7, 11) is 3.24. The van der Waals surface area contributed by atoms with Crippen molar-refractivity contribution in [2.75, 3.05) is 19.5 Å². The second-order valence-corrected chi connectivity index (χ2v) is 8.62. The number of hydrogen-bond donors (Lipinski definition) is 1. The third kappa shape index (κ3) is 4.63. The van der Waals surface area contributed by atoms with Crippen molar-refractivity contribution >= 4 is 51.3 Å². The van der Waals surface area contributed by atoms with Crippen LogP contribution in [0.3, 0.4) is 0 Å². The topological polar surface area (TPSA) is 60.7 Å². The minimum atomic E-state index is -0.316. The van der Waals surface area contributed by atoms with Gasteiger partial charge < -0.3 is 19.2 Å². The van der Waals surface area contributed by atoms with Gasteiger partial charge in [-0.05, 0) is 61.4 Å². The third-order valence-corrected chi connectivity index (χ3v) is 6.16. The molecule has 0 radical (unpaired) electrons. The third-order valence-electron chi connectivity index (χ3n) is 5.61. The van der Waals surface area contributed by atoms with Crippen molar-refractivity contribution in [2.45, 2.75) is 13.8 Å². The minimum Gasteiger partial charge on any atom is -0.497 e. The van der Waals surface area contributed by atoms with Gasteiger partial charge in [0.2, 0.25) is 5.91 Å². The van der Waals surface area contributed by atoms with Crippen LogP contribution in [0.4, 0.5) is 5.69 Å². The molecule has 0 aliphatic rings. The van der Waals surface area contributed by atoms with E-state index in [-0.39, 0.29) is 5.91 Å². The minimum absolute atomic E-state index is 0.316. The van der Waals surface area contributed by atoms with Gasteiger partial charge in [-0.15, -0.1) is 0 Å². The van der Waals surface area contributed by atoms with E-state index in [1.165, 1.54) is 6.08 Å². The molecule has 4 aromatic rings. The fraction of sp³-hybridized carbons (Fsp3) is 0.148. The molecule has 1 aromatic heterocycles. The number of hydrogen-bond acceptors (Lipinski definition) is 4. The Labute approximate surface area is 207 Å². The van der Waals surface area contributed by atoms with Crippen LogP contribution in [0.15, 0.2) is 65.3 Å². The molecule has 4 rings (SSSR count). The lowest BCUT2D eigenvalue weighted by molar-refractivity contribution is -0.111. The predicted octanol–water partition coefficient (Wildman–Crippen LogP) is 7.77. The van der Waals surface area contributed by atoms with Crippen LogP contribution < -0.4 is 14.8 Å². The summed E-state index contributed by atoms with van der Waals surface area (Å²) in [6.07, 6.45) is 3.25. The Morgan fingerprint density at radius 3 is 2.41 bits per heavy atom. The van der Waals surface area contributed by atoms with Gasteiger partial charge in [0, 0.05) is 33.2 Å². The highest BCUT2D eigenvalue weighted by molar-refractivity contribution is 6.36. The first kappa shape index (κ1) is 23.7. The van der Waals surface area contributed by atoms with E-state index < -0.39 is 0 Å². The molecule has 1 heterocycles. The lowest BCUT2D eigenvalue weighted by atomic mass is 9.96. The molecule has 0 bridgehead atoms. The lowest BCUT2D eigenvalue weighted by Gasteiger charge is -2.13. The van der Waals surface area contributed by atoms with Crippen LogP contribution in [-0.4, -0.2) is 20.1 Å². The SMILES string of the molecule is COc1ccc(-c2coc3c(C)c(OC)c(/C(C)=C/C(=O)Nc4ccc(Cl)cc4Cl)cc23)cc1. The smallest absolute Gasteiger partial charge is 0.248 e. The Kier molecular flexibility index (Phi) is 6.87. The summed E-state index contributed by atoms with van der Waals surface area (Å²) in [5, 5.41) is 4.58. The number of ether oxygens (including phenoxy) is 2. The average molecular weight is 496 g/mol. The van der Waals surface area contributed by atoms with E-state index in [4.69, 9.17) is 37.1 Å². The highest BCUT2D eigenvalue weighted by Crippen LogP contribution is 2.41. The fourth-order valence-electron chi connectivity index (χ4n) is 3.90. The van der Waals surface area contributed by atoms with Gasteiger partial charge in [-0.1, -0.05) is 35.3 Å². The van der Waals surface area contributed by atoms with Gasteiger partial charge in [0.25, 0.3) is 0 Å². The zero-order valence-corrected chi connectivity index (χ0v) is 20.7. The summed E-state index contributed by atoms with van der Waals surface area (Å²) in [4.78, 5) is 12.7. The number of benzene rings is 3. The highest BCUT2D eigenvalue weighted by atomic mass is 35.5. The van der Waals surface area contributed by atoms with Gasteiger partial charge in [0.05, 0.1) is 31.2 Å². The molecular weight excluding hydrogens is 473 g/mol. The average Bonchev–Trinajstić information content (AvgIpc) is 3.25. The molecule has 3 aromatic carbocycles. The van der Waals surface area contributed by atoms with Crippen LogP contribution in [0.2, 0.25) is 10.0 Å². The van der Waals surface area contributed by atoms with Crippen molar-refractivity contribution in [3.05, 3.63) is 82.0 Å². The number of nitrogens with one attached hydrogen (secondary N) is 1. The molecule has 174 valence electrons. The molecular formula is C27H23Cl2NO4. The van der Waals surface area contributed by atoms with Crippen LogP contribution in [0.1, 0.15) is 18.1 Å². The summed E-state index contributed by atoms with van der Waals surface area (Å²) >= 11 is 12.1. The van der Waals surface area contributed by atoms with Crippen molar-refractivity contribution in [3.63, 3.8) is 0 Å². The molecule has 0 aliphatic heterocycles. The number of fused-ring (bicyclic) bond motifs is 1. The zero-order valence-electron chi connectivity index (χ0n) is 19.2. The Morgan fingerprint density at radius 1 is 1.03 bits per heavy atom. The molecule has 5 nitrogen and oxygen atoms in total. The second-order valence-electron chi connectivity index (χ2n) is 7.78. The number of allylic oxidation sites excluding steroid dienone is 1. The molecule has 0 spiro atoms. The van der Waals surface area contributed by atoms with Crippen LogP contribution in [-0.2, 0) is 4.79 Å². The normalized spacial score (nSPS) is 11.5. The van der Waals surface area contributed by atoms with Crippen molar-refractivity contribution in [1.29, 1.82) is 0 Å². The van der Waals surface area contributed by atoms with Gasteiger partial charge in [-0.3, -0.25) is 4.79 Å². The molecule has 0 fully saturated rings. The molecule has 0 atom stereocenters. The van der Waals surface area contributed by atoms with E-state index in [0.29, 0.717) is 21.5 Å². The van der Waals surface area contributed by atoms with Crippen LogP contribution >= 0.6 is 23.2 Å². The summed E-state index contributed by atoms with van der Waals surface area (Å²) in [5.41, 5.74) is 5.52. The number of anilines is 1. The van der Waals surface area contributed by atoms with E-state index in [1.54, 1.807) is 38.7 Å². The van der Waals surface area contributed by atoms with E-state index in [0.717, 1.165) is 44.5 Å². The highest BCUT2D eigenvalue weighted by Gasteiger charge is 2.19. The number of rotatable bonds is 6. The van der Waals surface area contributed by atoms with Crippen molar-refractivity contribution < 1.29 is 18.7 Å². The van der Waals surface area contributed by atoms with E-state index >= 15 is 0 Å². The Hall–Kier alpha value is -3.41. The number of amides is 1. The zero-order chi connectivity index (χ0) is 24.4. The summed E-state index contributed by atoms with van der Waals surface area (Å²) in [5.74, 6) is 1.11. The van der Waals surface area contributed by atoms with Crippen LogP contribution in [0.5, 0.6) is 11.5 Å². The van der Waals surface area contributed by atoms with Crippen LogP contribution in [0, 0.1) is 6.92 Å². The lowest BCUT2D eigenvalue weighted by Crippen LogP contribution is -2.09. The standard InChI is InChI=1S/C27H23Cl2NO4/c1-15(11-25(31)30-24-10-7-18(28)12-23(24)29)20-13-21-22(17-5-8-19(32-3)9-6-17)14-34-27(21)16(2)26(20)33-4/h5-14H,1-4H3,(H,30,31)/b15-11+. The molecule has 0 unspecified atom stereocenters. The Balaban J connectivity index is 1.74. The van der Waals surface area contributed by atoms with Crippen molar-refractivity contribution in [3.8, 4) is 22.6 Å². The molecule has 34 heavy (non-hydrogen) atoms. The molecule has 0 saturated carbocycles. The monoisotopic (exact) mass is 495 g/mol. The molecule has 7 heteroatoms. The maximum atomic E-state index is 12.7. The van der Waals surface area contributed by atoms with Crippen LogP contribution in [0.25, 0.3) is 27.7 Å². The number of methoxy groups -OCH3 is 2. The second kappa shape index (κ2) is 9.84. The van der Waals surface area contributed by atoms with E-state index in [1.807, 2.05) is 44.2 Å². The molecule has 0 aliphatic carbocycles. The largest absolute Gasteiger partial charge is 0.497 e. The Bertz CT molecular complexity index is 1400. The van der Waals surface area contributed by atoms with Gasteiger partial charge in [0.1, 0.15) is 17.1 Å². The summed E-state index contributed by atoms with van der Waals surface area (Å²) in [6, 6.07) is 14.7. The van der Waals surface area contributed by atoms with Crippen molar-refractivity contribution in [2.24, 2.45) is 0 Å². The first-order valence-electron chi connectivity index (χ1n) is 10.5. The predicted molar refractivity (Wildman–Crippen MR) is 138 cm³/mol. The maximum Gasteiger partial charge on any atom is 0.248 e. The van der Waals surface area contributed by atoms with Gasteiger partial charge >= 0.3 is 0 Å². The number of carbonyl (C=O) groups is 1. The van der Waals surface area contributed by atoms with Gasteiger partial charge in [0.15, 0.2) is 0 Å². The number of furan rings is 1. The van der Waals surface area contributed by atoms with Crippen molar-refractivity contribution in [1.82, 2.24) is 0 Å². The first-order chi connectivity index (χ1) is 16.3. The quantitative estimate of drug-likeness (QED) is 0.277. The summed E-state index contributed by atoms with van der Waals surface area (Å²) < 4.78 is 16.9. The number of carbonyl (C=O) groups excluding carboxylic acids is 1. The van der Waals surface area contributed by atoms with Gasteiger partial charge in [-0.25, -0.2) is 0 Å².